The summed E-state index contributed by atoms with van der Waals surface area (Å²) >= 11 is 0. The van der Waals surface area contributed by atoms with Crippen LogP contribution in [0.4, 0.5) is 0 Å². The van der Waals surface area contributed by atoms with Crippen molar-refractivity contribution in [2.75, 3.05) is 0 Å². The molecule has 2 aliphatic carbocycles. The van der Waals surface area contributed by atoms with E-state index >= 15 is 0 Å². The first-order valence-electron chi connectivity index (χ1n) is 4.95. The minimum atomic E-state index is -0.0324. The van der Waals surface area contributed by atoms with Crippen molar-refractivity contribution in [1.29, 1.82) is 0 Å². The predicted molar refractivity (Wildman–Crippen MR) is 49.3 cm³/mol. The molecule has 1 unspecified atom stereocenters. The molecule has 0 spiro atoms. The zero-order valence-electron chi connectivity index (χ0n) is 7.93. The molecule has 0 aromatic heterocycles. The Morgan fingerprint density at radius 2 is 1.85 bits per heavy atom. The van der Waals surface area contributed by atoms with Gasteiger partial charge in [-0.25, -0.2) is 0 Å². The van der Waals surface area contributed by atoms with Crippen LogP contribution in [0.25, 0.3) is 0 Å². The molecule has 0 aliphatic heterocycles. The Morgan fingerprint density at radius 1 is 1.15 bits per heavy atom. The minimum Gasteiger partial charge on any atom is -0.299 e. The Hall–Kier alpha value is -0.920. The summed E-state index contributed by atoms with van der Waals surface area (Å²) in [5.74, 6) is 0.447. The zero-order valence-corrected chi connectivity index (χ0v) is 7.93. The standard InChI is InChI=1S/C11H14O2/c1-7-8-4-2-3-5-10(12)9(8)6-11(7)13/h9H,2-6H2,1H3. The van der Waals surface area contributed by atoms with E-state index in [1.54, 1.807) is 0 Å². The SMILES string of the molecule is CC1=C2CCCCC(=O)C2CC1=O. The highest BCUT2D eigenvalue weighted by Gasteiger charge is 2.34. The number of carbonyl (C=O) groups is 2. The lowest BCUT2D eigenvalue weighted by atomic mass is 9.95. The third-order valence-electron chi connectivity index (χ3n) is 3.22. The molecule has 0 bridgehead atoms. The summed E-state index contributed by atoms with van der Waals surface area (Å²) in [5.41, 5.74) is 2.02. The Kier molecular flexibility index (Phi) is 2.06. The van der Waals surface area contributed by atoms with Crippen molar-refractivity contribution in [3.8, 4) is 0 Å². The molecule has 2 rings (SSSR count). The fourth-order valence-electron chi connectivity index (χ4n) is 2.36. The lowest BCUT2D eigenvalue weighted by molar-refractivity contribution is -0.124. The predicted octanol–water partition coefficient (Wildman–Crippen LogP) is 2.04. The summed E-state index contributed by atoms with van der Waals surface area (Å²) in [4.78, 5) is 23.0. The van der Waals surface area contributed by atoms with Crippen LogP contribution in [-0.4, -0.2) is 11.6 Å². The van der Waals surface area contributed by atoms with Gasteiger partial charge in [0.15, 0.2) is 5.78 Å². The second-order valence-corrected chi connectivity index (χ2v) is 4.00. The van der Waals surface area contributed by atoms with Crippen LogP contribution < -0.4 is 0 Å². The van der Waals surface area contributed by atoms with Crippen molar-refractivity contribution in [3.63, 3.8) is 0 Å². The molecule has 0 N–H and O–H groups in total. The van der Waals surface area contributed by atoms with Gasteiger partial charge in [-0.2, -0.15) is 0 Å². The summed E-state index contributed by atoms with van der Waals surface area (Å²) in [6.07, 6.45) is 4.17. The topological polar surface area (TPSA) is 34.1 Å². The summed E-state index contributed by atoms with van der Waals surface area (Å²) in [6, 6.07) is 0. The number of rotatable bonds is 0. The van der Waals surface area contributed by atoms with Gasteiger partial charge >= 0.3 is 0 Å². The molecule has 0 amide bonds. The van der Waals surface area contributed by atoms with Gasteiger partial charge in [0, 0.05) is 18.8 Å². The normalized spacial score (nSPS) is 29.2. The van der Waals surface area contributed by atoms with Gasteiger partial charge in [0.2, 0.25) is 0 Å². The van der Waals surface area contributed by atoms with Crippen molar-refractivity contribution in [1.82, 2.24) is 0 Å². The first-order chi connectivity index (χ1) is 6.20. The lowest BCUT2D eigenvalue weighted by Crippen LogP contribution is -2.12. The van der Waals surface area contributed by atoms with E-state index in [9.17, 15) is 9.59 Å². The fourth-order valence-corrected chi connectivity index (χ4v) is 2.36. The summed E-state index contributed by atoms with van der Waals surface area (Å²) in [7, 11) is 0. The van der Waals surface area contributed by atoms with Crippen molar-refractivity contribution in [2.45, 2.75) is 39.0 Å². The van der Waals surface area contributed by atoms with Crippen LogP contribution in [0.5, 0.6) is 0 Å². The highest BCUT2D eigenvalue weighted by atomic mass is 16.1. The number of hydrogen-bond donors (Lipinski definition) is 0. The van der Waals surface area contributed by atoms with Crippen LogP contribution in [0.1, 0.15) is 39.0 Å². The van der Waals surface area contributed by atoms with Gasteiger partial charge in [-0.1, -0.05) is 5.57 Å². The fraction of sp³-hybridized carbons (Fsp3) is 0.636. The van der Waals surface area contributed by atoms with Gasteiger partial charge < -0.3 is 0 Å². The molecule has 0 aromatic carbocycles. The Labute approximate surface area is 78.0 Å². The van der Waals surface area contributed by atoms with Crippen molar-refractivity contribution >= 4 is 11.6 Å². The molecule has 0 radical (unpaired) electrons. The van der Waals surface area contributed by atoms with Crippen molar-refractivity contribution in [3.05, 3.63) is 11.1 Å². The maximum Gasteiger partial charge on any atom is 0.159 e. The summed E-state index contributed by atoms with van der Waals surface area (Å²) in [6.45, 7) is 1.87. The van der Waals surface area contributed by atoms with Gasteiger partial charge in [0.05, 0.1) is 0 Å². The summed E-state index contributed by atoms with van der Waals surface area (Å²) < 4.78 is 0. The van der Waals surface area contributed by atoms with E-state index in [-0.39, 0.29) is 17.5 Å². The van der Waals surface area contributed by atoms with Gasteiger partial charge in [0.1, 0.15) is 5.78 Å². The average molecular weight is 178 g/mol. The Balaban J connectivity index is 2.35. The van der Waals surface area contributed by atoms with Crippen LogP contribution in [0, 0.1) is 5.92 Å². The second-order valence-electron chi connectivity index (χ2n) is 4.00. The van der Waals surface area contributed by atoms with Gasteiger partial charge in [-0.3, -0.25) is 9.59 Å². The molecule has 2 nitrogen and oxygen atoms in total. The van der Waals surface area contributed by atoms with Crippen LogP contribution in [-0.2, 0) is 9.59 Å². The highest BCUT2D eigenvalue weighted by Crippen LogP contribution is 2.36. The molecule has 0 saturated heterocycles. The number of fused-ring (bicyclic) bond motifs is 1. The molecule has 0 heterocycles. The van der Waals surface area contributed by atoms with E-state index in [4.69, 9.17) is 0 Å². The van der Waals surface area contributed by atoms with Crippen LogP contribution in [0.2, 0.25) is 0 Å². The molecule has 2 aliphatic rings. The van der Waals surface area contributed by atoms with Crippen LogP contribution in [0.15, 0.2) is 11.1 Å². The molecule has 1 saturated carbocycles. The molecule has 0 aromatic rings. The van der Waals surface area contributed by atoms with E-state index in [1.165, 1.54) is 0 Å². The first-order valence-corrected chi connectivity index (χ1v) is 4.95. The monoisotopic (exact) mass is 178 g/mol. The van der Waals surface area contributed by atoms with Crippen LogP contribution in [0.3, 0.4) is 0 Å². The number of ketones is 2. The minimum absolute atomic E-state index is 0.0324. The summed E-state index contributed by atoms with van der Waals surface area (Å²) in [5, 5.41) is 0. The van der Waals surface area contributed by atoms with E-state index in [0.717, 1.165) is 30.4 Å². The highest BCUT2D eigenvalue weighted by molar-refractivity contribution is 6.04. The maximum atomic E-state index is 11.6. The quantitative estimate of drug-likeness (QED) is 0.568. The van der Waals surface area contributed by atoms with E-state index in [2.05, 4.69) is 0 Å². The molecule has 70 valence electrons. The van der Waals surface area contributed by atoms with Crippen molar-refractivity contribution in [2.24, 2.45) is 5.92 Å². The Bertz CT molecular complexity index is 299. The second kappa shape index (κ2) is 3.09. The molecule has 13 heavy (non-hydrogen) atoms. The largest absolute Gasteiger partial charge is 0.299 e. The van der Waals surface area contributed by atoms with Gasteiger partial charge in [-0.05, 0) is 31.8 Å². The van der Waals surface area contributed by atoms with Gasteiger partial charge in [0.25, 0.3) is 0 Å². The smallest absolute Gasteiger partial charge is 0.159 e. The zero-order chi connectivity index (χ0) is 9.42. The van der Waals surface area contributed by atoms with Gasteiger partial charge in [-0.15, -0.1) is 0 Å². The third kappa shape index (κ3) is 1.34. The van der Waals surface area contributed by atoms with Crippen LogP contribution >= 0.6 is 0 Å². The van der Waals surface area contributed by atoms with E-state index < -0.39 is 0 Å². The Morgan fingerprint density at radius 3 is 2.62 bits per heavy atom. The first kappa shape index (κ1) is 8.67. The van der Waals surface area contributed by atoms with E-state index in [1.807, 2.05) is 6.92 Å². The number of allylic oxidation sites excluding steroid dienone is 2. The van der Waals surface area contributed by atoms with E-state index in [0.29, 0.717) is 12.8 Å². The van der Waals surface area contributed by atoms with Crippen molar-refractivity contribution < 1.29 is 9.59 Å². The third-order valence-corrected chi connectivity index (χ3v) is 3.22. The number of hydrogen-bond acceptors (Lipinski definition) is 2. The average Bonchev–Trinajstić information content (AvgIpc) is 2.30. The molecular formula is C11H14O2. The number of Topliss-reactive ketones (excluding diaryl/α,β-unsaturated/α-hetero) is 2. The molecular weight excluding hydrogens is 164 g/mol. The molecule has 2 heteroatoms. The molecule has 1 fully saturated rings. The lowest BCUT2D eigenvalue weighted by Gasteiger charge is -2.07. The molecule has 1 atom stereocenters. The maximum absolute atomic E-state index is 11.6. The number of carbonyl (C=O) groups excluding carboxylic acids is 2.